The number of hydrogen-bond donors (Lipinski definition) is 4. The number of phosphoric acid groups is 3. The number of carboxylic acid groups (broad SMARTS) is 1. The van der Waals surface area contributed by atoms with Gasteiger partial charge in [-0.3, -0.25) is 28.1 Å². The number of phenols is 1. The van der Waals surface area contributed by atoms with E-state index in [9.17, 15) is 57.8 Å². The summed E-state index contributed by atoms with van der Waals surface area (Å²) >= 11 is 0. The quantitative estimate of drug-likeness (QED) is 0.0305. The largest absolute Gasteiger partial charge is 0.756 e. The Bertz CT molecular complexity index is 4330. The van der Waals surface area contributed by atoms with Crippen molar-refractivity contribution >= 4 is 68.9 Å². The maximum Gasteiger partial charge on any atom is 0.336 e. The number of phenolic OH excluding ortho intramolecular Hbond substituents is 1. The zero-order valence-electron chi connectivity index (χ0n) is 49.0. The second kappa shape index (κ2) is 26.1. The van der Waals surface area contributed by atoms with Crippen LogP contribution in [0.1, 0.15) is 90.4 Å². The Hall–Kier alpha value is -7.80. The van der Waals surface area contributed by atoms with E-state index >= 15 is 0 Å². The lowest BCUT2D eigenvalue weighted by Crippen LogP contribution is -2.56. The summed E-state index contributed by atoms with van der Waals surface area (Å²) < 4.78 is 62.8. The van der Waals surface area contributed by atoms with E-state index in [4.69, 9.17) is 18.5 Å². The molecule has 5 atom stereocenters. The van der Waals surface area contributed by atoms with Crippen molar-refractivity contribution in [3.05, 3.63) is 147 Å². The summed E-state index contributed by atoms with van der Waals surface area (Å²) in [5.41, 5.74) is 6.93. The Labute approximate surface area is 507 Å². The monoisotopic (exact) mass is 1260 g/mol. The van der Waals surface area contributed by atoms with Crippen LogP contribution in [0.4, 0.5) is 5.69 Å². The molecule has 4 aromatic carbocycles. The predicted molar refractivity (Wildman–Crippen MR) is 324 cm³/mol. The van der Waals surface area contributed by atoms with Gasteiger partial charge in [0.15, 0.2) is 5.43 Å². The van der Waals surface area contributed by atoms with Crippen molar-refractivity contribution in [1.82, 2.24) is 14.8 Å². The van der Waals surface area contributed by atoms with Crippen molar-refractivity contribution in [1.29, 1.82) is 0 Å². The van der Waals surface area contributed by atoms with Gasteiger partial charge in [0.25, 0.3) is 35.3 Å². The van der Waals surface area contributed by atoms with Gasteiger partial charge in [-0.2, -0.15) is 0 Å². The fourth-order valence-corrected chi connectivity index (χ4v) is 13.9. The number of amides is 2. The lowest BCUT2D eigenvalue weighted by molar-refractivity contribution is -0.250. The highest BCUT2D eigenvalue weighted by Gasteiger charge is 2.38. The smallest absolute Gasteiger partial charge is 0.336 e. The summed E-state index contributed by atoms with van der Waals surface area (Å²) in [4.78, 5) is 97.9. The van der Waals surface area contributed by atoms with E-state index in [2.05, 4.69) is 66.7 Å². The highest BCUT2D eigenvalue weighted by atomic mass is 31.3. The number of nitrogens with one attached hydrogen (secondary N) is 1. The van der Waals surface area contributed by atoms with Crippen molar-refractivity contribution in [2.45, 2.75) is 77.0 Å². The van der Waals surface area contributed by atoms with Crippen LogP contribution in [0.15, 0.2) is 123 Å². The fraction of sp³-hybridized carbons (Fsp3) is 0.306. The number of carboxylic acids is 1. The van der Waals surface area contributed by atoms with Gasteiger partial charge < -0.3 is 63.0 Å². The third-order valence-corrected chi connectivity index (χ3v) is 19.0. The molecule has 88 heavy (non-hydrogen) atoms. The summed E-state index contributed by atoms with van der Waals surface area (Å²) in [5.74, 6) is 5.26. The summed E-state index contributed by atoms with van der Waals surface area (Å²) in [6, 6.07) is 31.6. The number of piperidine rings is 1. The first kappa shape index (κ1) is 64.7. The summed E-state index contributed by atoms with van der Waals surface area (Å²) in [5, 5.41) is 26.7. The molecule has 2 saturated heterocycles. The van der Waals surface area contributed by atoms with Crippen LogP contribution in [0, 0.1) is 18.8 Å². The second-order valence-corrected chi connectivity index (χ2v) is 26.2. The van der Waals surface area contributed by atoms with Gasteiger partial charge in [-0.25, -0.2) is 18.0 Å². The minimum Gasteiger partial charge on any atom is -0.756 e. The standard InChI is InChI=1S/C56H50N4O8.C6H15O11P3.H2/c1-7-8-9-22-56(57-53(63)34-10-16-40(33(2)27-34)51-42-18-12-36(58(3)4)29-47(42)67-48-30-37(59(5)6)13-19-43(48)51)23-25-60(26-24-56)54(64)35-11-17-41(46(28-35)55(65)66)52-44-20-14-38(61)31-49(44)68-50-32-39(62)15-21-45(50)52;1-5-2-3-6(15-5)4-14-19(10,11)17-20(12,13)16-18(7,8)9;/h10-21,27-32H,9,22-26H2,1-6H3,(H2-,57,61,62,63,65,66);5-6H,2-4H2,1H3,(H,10,11)(H,12,13)(H2,7,8,9);1H/p-2/t;5-,6-;/m.0./s1. The second-order valence-electron chi connectivity index (χ2n) is 22.0. The van der Waals surface area contributed by atoms with Crippen molar-refractivity contribution in [2.75, 3.05) is 52.8 Å². The Morgan fingerprint density at radius 3 is 2.05 bits per heavy atom. The molecule has 0 saturated carbocycles. The van der Waals surface area contributed by atoms with Crippen LogP contribution in [0.5, 0.6) is 5.75 Å². The van der Waals surface area contributed by atoms with Gasteiger partial charge >= 0.3 is 5.97 Å². The number of phosphoric ester groups is 1. The first-order valence-corrected chi connectivity index (χ1v) is 32.2. The van der Waals surface area contributed by atoms with Gasteiger partial charge in [-0.05, 0) is 136 Å². The summed E-state index contributed by atoms with van der Waals surface area (Å²) in [7, 11) is -8.92. The minimum atomic E-state index is -5.83. The molecule has 2 aliphatic carbocycles. The van der Waals surface area contributed by atoms with E-state index in [1.54, 1.807) is 43.0 Å². The molecule has 4 N–H and O–H groups in total. The lowest BCUT2D eigenvalue weighted by Gasteiger charge is -2.42. The molecule has 26 heteroatoms. The number of fused-ring (bicyclic) bond motifs is 4. The number of nitrogens with zero attached hydrogens (tertiary/aromatic N) is 3. The van der Waals surface area contributed by atoms with Crippen LogP contribution < -0.4 is 40.3 Å². The molecule has 2 fully saturated rings. The van der Waals surface area contributed by atoms with Crippen LogP contribution in [0.25, 0.3) is 66.8 Å². The number of anilines is 1. The predicted octanol–water partition coefficient (Wildman–Crippen LogP) is 8.35. The Balaban J connectivity index is 0.000000417. The molecule has 0 bridgehead atoms. The van der Waals surface area contributed by atoms with Crippen molar-refractivity contribution in [2.24, 2.45) is 0 Å². The minimum absolute atomic E-state index is 0. The van der Waals surface area contributed by atoms with Crippen molar-refractivity contribution in [3.8, 4) is 62.5 Å². The van der Waals surface area contributed by atoms with E-state index in [-0.39, 0.29) is 53.0 Å². The van der Waals surface area contributed by atoms with Gasteiger partial charge in [0.1, 0.15) is 42.5 Å². The molecule has 0 spiro atoms. The third kappa shape index (κ3) is 15.0. The summed E-state index contributed by atoms with van der Waals surface area (Å²) in [6.07, 6.45) is 2.64. The molecular formula is C62H65N4O19P3-2. The molecule has 23 nitrogen and oxygen atoms in total. The molecule has 0 radical (unpaired) electrons. The Kier molecular flexibility index (Phi) is 19.2. The molecule has 6 aliphatic rings. The highest BCUT2D eigenvalue weighted by molar-refractivity contribution is 7.65. The van der Waals surface area contributed by atoms with E-state index in [1.165, 1.54) is 30.3 Å². The molecule has 3 unspecified atom stereocenters. The molecular weight excluding hydrogens is 1200 g/mol. The zero-order valence-corrected chi connectivity index (χ0v) is 51.7. The normalized spacial score (nSPS) is 17.6. The highest BCUT2D eigenvalue weighted by Crippen LogP contribution is 2.61. The van der Waals surface area contributed by atoms with Gasteiger partial charge in [0.2, 0.25) is 5.36 Å². The number of ether oxygens (including phenoxy) is 1. The Morgan fingerprint density at radius 1 is 0.795 bits per heavy atom. The van der Waals surface area contributed by atoms with Crippen molar-refractivity contribution in [3.63, 3.8) is 0 Å². The van der Waals surface area contributed by atoms with E-state index in [0.717, 1.165) is 50.0 Å². The maximum absolute atomic E-state index is 14.3. The van der Waals surface area contributed by atoms with Gasteiger partial charge in [-0.15, -0.1) is 11.8 Å². The molecule has 4 aromatic rings. The van der Waals surface area contributed by atoms with E-state index in [0.29, 0.717) is 79.3 Å². The SMILES string of the molecule is CC#CCCC1(NC(=O)c2ccc(-c3c4ccc(=[N+](C)C)cc-4oc4cc(N(C)C)ccc34)c(C)c2)CCN(C(=O)c2ccc(-c3c4ccc(=O)cc-4oc4cc(O)ccc34)c(C(=O)O)c2)CC1.C[C@H]1CC[C@@H](COP(=O)([O-])OP(=O)([O-])OP(=O)([O-])O)O1.[HH]. The van der Waals surface area contributed by atoms with Crippen LogP contribution in [-0.4, -0.2) is 103 Å². The number of aromatic hydroxyl groups is 1. The number of carbonyl (C=O) groups excluding carboxylic acids is 2. The van der Waals surface area contributed by atoms with Crippen LogP contribution in [0.2, 0.25) is 0 Å². The number of rotatable bonds is 16. The molecule has 4 heterocycles. The number of likely N-dealkylation sites (tertiary alicyclic amines) is 1. The molecule has 464 valence electrons. The number of aryl methyl sites for hydroxylation is 1. The topological polar surface area (TPSA) is 334 Å². The van der Waals surface area contributed by atoms with Gasteiger partial charge in [-0.1, -0.05) is 12.1 Å². The zero-order chi connectivity index (χ0) is 63.6. The average Bonchev–Trinajstić information content (AvgIpc) is 1.03. The third-order valence-electron chi connectivity index (χ3n) is 15.4. The maximum atomic E-state index is 14.3. The number of hydrogen-bond acceptors (Lipinski definition) is 18. The molecule has 2 amide bonds. The van der Waals surface area contributed by atoms with Crippen LogP contribution in [0.3, 0.4) is 0 Å². The number of carbonyl (C=O) groups is 3. The summed E-state index contributed by atoms with van der Waals surface area (Å²) in [6.45, 7) is 5.72. The number of benzene rings is 6. The Morgan fingerprint density at radius 2 is 1.42 bits per heavy atom. The first-order valence-electron chi connectivity index (χ1n) is 27.8. The van der Waals surface area contributed by atoms with E-state index in [1.807, 2.05) is 62.8 Å². The molecule has 10 rings (SSSR count). The van der Waals surface area contributed by atoms with E-state index < -0.39 is 47.7 Å². The van der Waals surface area contributed by atoms with Crippen LogP contribution >= 0.6 is 23.5 Å². The average molecular weight is 1260 g/mol. The van der Waals surface area contributed by atoms with Gasteiger partial charge in [0, 0.05) is 115 Å². The fourth-order valence-electron chi connectivity index (χ4n) is 11.0. The number of aromatic carboxylic acids is 1. The molecule has 0 aromatic heterocycles. The molecule has 4 aliphatic heterocycles. The first-order chi connectivity index (χ1) is 41.5. The van der Waals surface area contributed by atoms with Crippen LogP contribution in [-0.2, 0) is 31.6 Å². The lowest BCUT2D eigenvalue weighted by atomic mass is 9.82. The van der Waals surface area contributed by atoms with Crippen molar-refractivity contribution < 1.29 is 86.0 Å². The van der Waals surface area contributed by atoms with Gasteiger partial charge in [0.05, 0.1) is 30.4 Å².